The van der Waals surface area contributed by atoms with Crippen molar-refractivity contribution in [2.24, 2.45) is 0 Å². The first kappa shape index (κ1) is 17.9. The van der Waals surface area contributed by atoms with Gasteiger partial charge in [-0.2, -0.15) is 0 Å². The number of pyridine rings is 1. The van der Waals surface area contributed by atoms with Gasteiger partial charge in [0.05, 0.1) is 5.39 Å². The number of hydrogen-bond acceptors (Lipinski definition) is 0. The molecule has 5 aromatic rings. The molecule has 0 atom stereocenters. The van der Waals surface area contributed by atoms with Gasteiger partial charge in [-0.1, -0.05) is 74.9 Å². The highest BCUT2D eigenvalue weighted by atomic mass is 14.7. The van der Waals surface area contributed by atoms with Gasteiger partial charge in [0.25, 0.3) is 0 Å². The zero-order valence-electron chi connectivity index (χ0n) is 17.5. The quantitative estimate of drug-likeness (QED) is 0.274. The van der Waals surface area contributed by atoms with E-state index < -0.39 is 0 Å². The van der Waals surface area contributed by atoms with Crippen LogP contribution in [0.25, 0.3) is 43.6 Å². The monoisotopic (exact) mass is 376 g/mol. The van der Waals surface area contributed by atoms with Crippen LogP contribution in [0.4, 0.5) is 0 Å². The van der Waals surface area contributed by atoms with E-state index in [4.69, 9.17) is 0 Å². The predicted molar refractivity (Wildman–Crippen MR) is 124 cm³/mol. The number of hydrogen-bond donors (Lipinski definition) is 0. The first-order valence-corrected chi connectivity index (χ1v) is 10.3. The molecule has 5 rings (SSSR count). The molecule has 0 aliphatic carbocycles. The topological polar surface area (TPSA) is 14.1 Å². The maximum absolute atomic E-state index is 3.50. The zero-order chi connectivity index (χ0) is 20.2. The van der Waals surface area contributed by atoms with Crippen molar-refractivity contribution in [3.8, 4) is 11.3 Å². The van der Waals surface area contributed by atoms with Crippen LogP contribution in [0.15, 0.2) is 79.0 Å². The molecule has 0 unspecified atom stereocenters. The molecule has 0 aliphatic rings. The third-order valence-electron chi connectivity index (χ3n) is 6.00. The molecule has 1 heteroatoms. The lowest BCUT2D eigenvalue weighted by Crippen LogP contribution is -2.11. The lowest BCUT2D eigenvalue weighted by molar-refractivity contribution is -0.362. The fourth-order valence-electron chi connectivity index (χ4n) is 4.35. The number of H-pyrrole nitrogens is 1. The van der Waals surface area contributed by atoms with Gasteiger partial charge in [-0.3, -0.25) is 0 Å². The summed E-state index contributed by atoms with van der Waals surface area (Å²) in [7, 11) is 0. The predicted octanol–water partition coefficient (Wildman–Crippen LogP) is 7.23. The molecule has 142 valence electrons. The average Bonchev–Trinajstić information content (AvgIpc) is 2.72. The third-order valence-corrected chi connectivity index (χ3v) is 6.00. The van der Waals surface area contributed by atoms with Crippen molar-refractivity contribution in [3.05, 3.63) is 90.1 Å². The Hall–Kier alpha value is -3.19. The summed E-state index contributed by atoms with van der Waals surface area (Å²) in [5.74, 6) is 0. The normalized spacial score (nSPS) is 12.1. The number of aromatic amines is 1. The zero-order valence-corrected chi connectivity index (χ0v) is 17.5. The molecule has 29 heavy (non-hydrogen) atoms. The summed E-state index contributed by atoms with van der Waals surface area (Å²) in [5, 5.41) is 7.79. The minimum atomic E-state index is 0.163. The lowest BCUT2D eigenvalue weighted by atomic mass is 9.86. The minimum Gasteiger partial charge on any atom is -0.211 e. The van der Waals surface area contributed by atoms with Gasteiger partial charge in [0.15, 0.2) is 6.20 Å². The fraction of sp³-hybridized carbons (Fsp3) is 0.179. The van der Waals surface area contributed by atoms with Crippen LogP contribution in [0.2, 0.25) is 0 Å². The van der Waals surface area contributed by atoms with E-state index in [9.17, 15) is 0 Å². The van der Waals surface area contributed by atoms with E-state index in [1.807, 2.05) is 0 Å². The number of fused-ring (bicyclic) bond motifs is 5. The van der Waals surface area contributed by atoms with Crippen LogP contribution in [0.5, 0.6) is 0 Å². The number of nitrogens with one attached hydrogen (secondary N) is 1. The van der Waals surface area contributed by atoms with Gasteiger partial charge in [0.1, 0.15) is 0 Å². The van der Waals surface area contributed by atoms with Crippen molar-refractivity contribution in [1.82, 2.24) is 0 Å². The largest absolute Gasteiger partial charge is 0.218 e. The molecule has 0 spiro atoms. The second kappa shape index (κ2) is 6.42. The van der Waals surface area contributed by atoms with Crippen molar-refractivity contribution < 1.29 is 4.98 Å². The molecule has 0 saturated carbocycles. The van der Waals surface area contributed by atoms with Crippen LogP contribution >= 0.6 is 0 Å². The van der Waals surface area contributed by atoms with Crippen LogP contribution in [-0.4, -0.2) is 0 Å². The van der Waals surface area contributed by atoms with Crippen LogP contribution < -0.4 is 4.98 Å². The van der Waals surface area contributed by atoms with E-state index in [1.165, 1.54) is 54.7 Å². The van der Waals surface area contributed by atoms with Crippen molar-refractivity contribution in [2.75, 3.05) is 0 Å². The van der Waals surface area contributed by atoms with Gasteiger partial charge < -0.3 is 0 Å². The minimum absolute atomic E-state index is 0.163. The van der Waals surface area contributed by atoms with E-state index >= 15 is 0 Å². The lowest BCUT2D eigenvalue weighted by Gasteiger charge is -2.18. The highest BCUT2D eigenvalue weighted by Gasteiger charge is 2.17. The molecule has 0 fully saturated rings. The molecular weight excluding hydrogens is 350 g/mol. The van der Waals surface area contributed by atoms with Gasteiger partial charge in [0, 0.05) is 17.0 Å². The summed E-state index contributed by atoms with van der Waals surface area (Å²) in [4.78, 5) is 3.50. The summed E-state index contributed by atoms with van der Waals surface area (Å²) in [6, 6.07) is 26.9. The number of aromatic nitrogens is 1. The van der Waals surface area contributed by atoms with Crippen LogP contribution in [0.3, 0.4) is 0 Å². The molecule has 0 saturated heterocycles. The number of aryl methyl sites for hydroxylation is 1. The maximum atomic E-state index is 3.50. The van der Waals surface area contributed by atoms with Gasteiger partial charge >= 0.3 is 0 Å². The molecule has 0 aliphatic heterocycles. The van der Waals surface area contributed by atoms with Gasteiger partial charge in [-0.25, -0.2) is 4.98 Å². The number of rotatable bonds is 1. The van der Waals surface area contributed by atoms with Crippen LogP contribution in [0.1, 0.15) is 31.9 Å². The molecule has 0 radical (unpaired) electrons. The molecule has 1 nitrogen and oxygen atoms in total. The van der Waals surface area contributed by atoms with Crippen molar-refractivity contribution in [1.29, 1.82) is 0 Å². The van der Waals surface area contributed by atoms with Crippen LogP contribution in [-0.2, 0) is 5.41 Å². The van der Waals surface area contributed by atoms with E-state index in [0.29, 0.717) is 0 Å². The van der Waals surface area contributed by atoms with Gasteiger partial charge in [-0.05, 0) is 57.6 Å². The van der Waals surface area contributed by atoms with Crippen molar-refractivity contribution >= 4 is 32.3 Å². The van der Waals surface area contributed by atoms with Crippen molar-refractivity contribution in [3.63, 3.8) is 0 Å². The molecule has 0 amide bonds. The molecule has 1 aromatic heterocycles. The Labute approximate surface area is 172 Å². The Morgan fingerprint density at radius 2 is 1.24 bits per heavy atom. The summed E-state index contributed by atoms with van der Waals surface area (Å²) >= 11 is 0. The highest BCUT2D eigenvalue weighted by Crippen LogP contribution is 2.34. The second-order valence-electron chi connectivity index (χ2n) is 9.09. The summed E-state index contributed by atoms with van der Waals surface area (Å²) in [6.45, 7) is 8.91. The average molecular weight is 377 g/mol. The Morgan fingerprint density at radius 3 is 2.00 bits per heavy atom. The third kappa shape index (κ3) is 2.98. The SMILES string of the molecule is Cc1ccc2c(ccc3c4cc[nH+]c(-c5ccc(C(C)(C)C)cc5)c4ccc23)c1. The maximum Gasteiger partial charge on any atom is 0.218 e. The Balaban J connectivity index is 1.74. The highest BCUT2D eigenvalue weighted by molar-refractivity contribution is 6.18. The smallest absolute Gasteiger partial charge is 0.211 e. The molecule has 0 bridgehead atoms. The second-order valence-corrected chi connectivity index (χ2v) is 9.09. The van der Waals surface area contributed by atoms with Crippen LogP contribution in [0, 0.1) is 6.92 Å². The first-order valence-electron chi connectivity index (χ1n) is 10.3. The van der Waals surface area contributed by atoms with E-state index in [0.717, 1.165) is 0 Å². The standard InChI is InChI=1S/C28H25N/c1-18-5-11-22-20(17-18)8-12-24-23(22)13-14-26-25(24)15-16-29-27(26)19-6-9-21(10-7-19)28(2,3)4/h5-17H,1-4H3/p+1. The van der Waals surface area contributed by atoms with E-state index in [2.05, 4.69) is 112 Å². The van der Waals surface area contributed by atoms with Gasteiger partial charge in [-0.15, -0.1) is 0 Å². The van der Waals surface area contributed by atoms with Crippen molar-refractivity contribution in [2.45, 2.75) is 33.1 Å². The molecular formula is C28H26N+. The van der Waals surface area contributed by atoms with Gasteiger partial charge in [0.2, 0.25) is 5.69 Å². The summed E-state index contributed by atoms with van der Waals surface area (Å²) < 4.78 is 0. The number of benzene rings is 4. The first-order chi connectivity index (χ1) is 13.9. The fourth-order valence-corrected chi connectivity index (χ4v) is 4.35. The molecule has 1 heterocycles. The Bertz CT molecular complexity index is 1370. The molecule has 4 aromatic carbocycles. The Kier molecular flexibility index (Phi) is 3.96. The molecule has 1 N–H and O–H groups in total. The van der Waals surface area contributed by atoms with E-state index in [1.54, 1.807) is 0 Å². The van der Waals surface area contributed by atoms with E-state index in [-0.39, 0.29) is 5.41 Å². The summed E-state index contributed by atoms with van der Waals surface area (Å²) in [6.07, 6.45) is 2.06. The Morgan fingerprint density at radius 1 is 0.621 bits per heavy atom. The summed E-state index contributed by atoms with van der Waals surface area (Å²) in [5.41, 5.74) is 5.21.